The zero-order valence-corrected chi connectivity index (χ0v) is 11.4. The van der Waals surface area contributed by atoms with E-state index in [-0.39, 0.29) is 16.4 Å². The first-order chi connectivity index (χ1) is 9.04. The first-order valence-corrected chi connectivity index (χ1v) is 7.39. The lowest BCUT2D eigenvalue weighted by atomic mass is 10.5. The minimum absolute atomic E-state index is 0.0425. The van der Waals surface area contributed by atoms with Gasteiger partial charge in [0.25, 0.3) is 10.0 Å². The van der Waals surface area contributed by atoms with Gasteiger partial charge in [0.05, 0.1) is 25.5 Å². The molecule has 2 aromatic heterocycles. The molecule has 0 radical (unpaired) electrons. The predicted octanol–water partition coefficient (Wildman–Crippen LogP) is 0.131. The van der Waals surface area contributed by atoms with Gasteiger partial charge in [0.1, 0.15) is 0 Å². The Kier molecular flexibility index (Phi) is 3.93. The number of imidazole rings is 1. The molecule has 2 N–H and O–H groups in total. The van der Waals surface area contributed by atoms with Crippen LogP contribution in [0.4, 0.5) is 0 Å². The van der Waals surface area contributed by atoms with Gasteiger partial charge in [0.2, 0.25) is 0 Å². The summed E-state index contributed by atoms with van der Waals surface area (Å²) in [5, 5.41) is 0. The van der Waals surface area contributed by atoms with E-state index >= 15 is 0 Å². The predicted molar refractivity (Wildman–Crippen MR) is 66.1 cm³/mol. The van der Waals surface area contributed by atoms with Gasteiger partial charge in [-0.1, -0.05) is 0 Å². The molecule has 10 heteroatoms. The SMILES string of the molecule is COC(=O)c1ncsc1S(=O)(=O)NCc1cnc[nH]1. The smallest absolute Gasteiger partial charge is 0.358 e. The number of nitrogens with one attached hydrogen (secondary N) is 2. The summed E-state index contributed by atoms with van der Waals surface area (Å²) in [6.45, 7) is 0.0425. The average molecular weight is 302 g/mol. The fraction of sp³-hybridized carbons (Fsp3) is 0.222. The number of thiazole rings is 1. The zero-order chi connectivity index (χ0) is 13.9. The Morgan fingerprint density at radius 2 is 2.37 bits per heavy atom. The fourth-order valence-electron chi connectivity index (χ4n) is 1.28. The Hall–Kier alpha value is -1.78. The minimum Gasteiger partial charge on any atom is -0.464 e. The van der Waals surface area contributed by atoms with E-state index in [0.717, 1.165) is 18.4 Å². The molecule has 0 aliphatic carbocycles. The van der Waals surface area contributed by atoms with Crippen molar-refractivity contribution in [3.05, 3.63) is 29.4 Å². The number of carbonyl (C=O) groups excluding carboxylic acids is 1. The van der Waals surface area contributed by atoms with E-state index in [0.29, 0.717) is 5.69 Å². The Balaban J connectivity index is 2.20. The molecular weight excluding hydrogens is 292 g/mol. The topological polar surface area (TPSA) is 114 Å². The highest BCUT2D eigenvalue weighted by atomic mass is 32.2. The maximum absolute atomic E-state index is 12.0. The second-order valence-corrected chi connectivity index (χ2v) is 6.20. The molecule has 0 amide bonds. The Morgan fingerprint density at radius 3 is 3.00 bits per heavy atom. The van der Waals surface area contributed by atoms with Gasteiger partial charge in [0.15, 0.2) is 9.90 Å². The number of esters is 1. The van der Waals surface area contributed by atoms with Gasteiger partial charge in [-0.15, -0.1) is 11.3 Å². The van der Waals surface area contributed by atoms with Crippen molar-refractivity contribution in [1.82, 2.24) is 19.7 Å². The molecule has 0 aromatic carbocycles. The van der Waals surface area contributed by atoms with Gasteiger partial charge in [-0.3, -0.25) is 0 Å². The van der Waals surface area contributed by atoms with Gasteiger partial charge < -0.3 is 9.72 Å². The van der Waals surface area contributed by atoms with Crippen LogP contribution in [0.1, 0.15) is 16.2 Å². The number of aromatic nitrogens is 3. The number of carbonyl (C=O) groups is 1. The number of rotatable bonds is 5. The van der Waals surface area contributed by atoms with Crippen LogP contribution in [0.2, 0.25) is 0 Å². The lowest BCUT2D eigenvalue weighted by molar-refractivity contribution is 0.0590. The van der Waals surface area contributed by atoms with E-state index < -0.39 is 16.0 Å². The third kappa shape index (κ3) is 2.97. The normalized spacial score (nSPS) is 11.4. The van der Waals surface area contributed by atoms with Crippen LogP contribution in [0.3, 0.4) is 0 Å². The van der Waals surface area contributed by atoms with Crippen molar-refractivity contribution in [2.24, 2.45) is 0 Å². The highest BCUT2D eigenvalue weighted by Crippen LogP contribution is 2.20. The fourth-order valence-corrected chi connectivity index (χ4v) is 3.46. The van der Waals surface area contributed by atoms with Crippen molar-refractivity contribution < 1.29 is 17.9 Å². The van der Waals surface area contributed by atoms with E-state index in [1.54, 1.807) is 0 Å². The molecule has 2 rings (SSSR count). The number of hydrogen-bond donors (Lipinski definition) is 2. The molecule has 0 unspecified atom stereocenters. The second-order valence-electron chi connectivity index (χ2n) is 3.38. The molecule has 0 saturated heterocycles. The maximum Gasteiger partial charge on any atom is 0.358 e. The molecule has 0 spiro atoms. The number of methoxy groups -OCH3 is 1. The van der Waals surface area contributed by atoms with Crippen molar-refractivity contribution >= 4 is 27.3 Å². The van der Waals surface area contributed by atoms with Crippen LogP contribution in [0, 0.1) is 0 Å². The Labute approximate surface area is 112 Å². The van der Waals surface area contributed by atoms with Crippen LogP contribution in [0.25, 0.3) is 0 Å². The number of sulfonamides is 1. The van der Waals surface area contributed by atoms with Crippen molar-refractivity contribution in [3.63, 3.8) is 0 Å². The number of hydrogen-bond acceptors (Lipinski definition) is 7. The van der Waals surface area contributed by atoms with Crippen LogP contribution in [0.15, 0.2) is 22.2 Å². The summed E-state index contributed by atoms with van der Waals surface area (Å²) in [4.78, 5) is 21.6. The third-order valence-corrected chi connectivity index (χ3v) is 4.94. The molecule has 102 valence electrons. The number of aromatic amines is 1. The standard InChI is InChI=1S/C9H10N4O4S2/c1-17-8(14)7-9(18-5-12-7)19(15,16)13-3-6-2-10-4-11-6/h2,4-5,13H,3H2,1H3,(H,10,11). The van der Waals surface area contributed by atoms with Crippen LogP contribution in [-0.4, -0.2) is 36.4 Å². The number of H-pyrrole nitrogens is 1. The van der Waals surface area contributed by atoms with E-state index in [1.165, 1.54) is 18.0 Å². The Bertz CT molecular complexity index is 662. The molecular formula is C9H10N4O4S2. The zero-order valence-electron chi connectivity index (χ0n) is 9.78. The van der Waals surface area contributed by atoms with Gasteiger partial charge in [-0.25, -0.2) is 27.9 Å². The van der Waals surface area contributed by atoms with E-state index in [2.05, 4.69) is 24.4 Å². The van der Waals surface area contributed by atoms with Gasteiger partial charge in [-0.2, -0.15) is 0 Å². The first-order valence-electron chi connectivity index (χ1n) is 5.03. The summed E-state index contributed by atoms with van der Waals surface area (Å²) >= 11 is 0.849. The molecule has 0 saturated carbocycles. The molecule has 0 aliphatic rings. The first kappa shape index (κ1) is 13.6. The lowest BCUT2D eigenvalue weighted by Gasteiger charge is -2.04. The van der Waals surface area contributed by atoms with Crippen LogP contribution < -0.4 is 4.72 Å². The van der Waals surface area contributed by atoms with Crippen LogP contribution in [0.5, 0.6) is 0 Å². The summed E-state index contributed by atoms with van der Waals surface area (Å²) in [5.74, 6) is -0.789. The quantitative estimate of drug-likeness (QED) is 0.759. The monoisotopic (exact) mass is 302 g/mol. The average Bonchev–Trinajstić information content (AvgIpc) is 3.06. The maximum atomic E-state index is 12.0. The lowest BCUT2D eigenvalue weighted by Crippen LogP contribution is -2.24. The van der Waals surface area contributed by atoms with Crippen molar-refractivity contribution in [2.45, 2.75) is 10.8 Å². The Morgan fingerprint density at radius 1 is 1.58 bits per heavy atom. The summed E-state index contributed by atoms with van der Waals surface area (Å²) in [5.41, 5.74) is 1.66. The molecule has 19 heavy (non-hydrogen) atoms. The minimum atomic E-state index is -3.82. The van der Waals surface area contributed by atoms with E-state index in [4.69, 9.17) is 0 Å². The summed E-state index contributed by atoms with van der Waals surface area (Å²) in [7, 11) is -2.66. The highest BCUT2D eigenvalue weighted by Gasteiger charge is 2.26. The van der Waals surface area contributed by atoms with E-state index in [1.807, 2.05) is 0 Å². The molecule has 0 fully saturated rings. The van der Waals surface area contributed by atoms with Crippen molar-refractivity contribution in [3.8, 4) is 0 Å². The van der Waals surface area contributed by atoms with Gasteiger partial charge >= 0.3 is 5.97 Å². The summed E-state index contributed by atoms with van der Waals surface area (Å²) < 4.78 is 30.8. The molecule has 2 heterocycles. The third-order valence-electron chi connectivity index (χ3n) is 2.17. The van der Waals surface area contributed by atoms with Crippen molar-refractivity contribution in [1.29, 1.82) is 0 Å². The second kappa shape index (κ2) is 5.47. The van der Waals surface area contributed by atoms with Crippen LogP contribution in [-0.2, 0) is 21.3 Å². The number of nitrogens with zero attached hydrogens (tertiary/aromatic N) is 2. The number of ether oxygens (including phenoxy) is 1. The molecule has 2 aromatic rings. The molecule has 0 aliphatic heterocycles. The van der Waals surface area contributed by atoms with Gasteiger partial charge in [-0.05, 0) is 0 Å². The summed E-state index contributed by atoms with van der Waals surface area (Å²) in [6.07, 6.45) is 2.94. The summed E-state index contributed by atoms with van der Waals surface area (Å²) in [6, 6.07) is 0. The van der Waals surface area contributed by atoms with Gasteiger partial charge in [0, 0.05) is 11.9 Å². The molecule has 0 bridgehead atoms. The van der Waals surface area contributed by atoms with Crippen LogP contribution >= 0.6 is 11.3 Å². The molecule has 0 atom stereocenters. The largest absolute Gasteiger partial charge is 0.464 e. The van der Waals surface area contributed by atoms with E-state index in [9.17, 15) is 13.2 Å². The molecule has 8 nitrogen and oxygen atoms in total. The van der Waals surface area contributed by atoms with Crippen molar-refractivity contribution in [2.75, 3.05) is 7.11 Å². The highest BCUT2D eigenvalue weighted by molar-refractivity contribution is 7.91.